The fourth-order valence-corrected chi connectivity index (χ4v) is 3.14. The molecule has 2 aliphatic heterocycles. The first-order valence-electron chi connectivity index (χ1n) is 7.20. The third-order valence-corrected chi connectivity index (χ3v) is 4.11. The monoisotopic (exact) mass is 275 g/mol. The molecule has 3 heterocycles. The predicted molar refractivity (Wildman–Crippen MR) is 76.6 cm³/mol. The molecule has 108 valence electrons. The summed E-state index contributed by atoms with van der Waals surface area (Å²) in [4.78, 5) is 13.2. The maximum Gasteiger partial charge on any atom is 0.273 e. The number of amides is 1. The van der Waals surface area contributed by atoms with E-state index in [1.165, 1.54) is 17.7 Å². The number of nitrogens with zero attached hydrogens (tertiary/aromatic N) is 3. The maximum atomic E-state index is 11.7. The van der Waals surface area contributed by atoms with Gasteiger partial charge in [-0.1, -0.05) is 0 Å². The van der Waals surface area contributed by atoms with Crippen LogP contribution in [-0.2, 0) is 0 Å². The van der Waals surface area contributed by atoms with Crippen molar-refractivity contribution in [1.82, 2.24) is 20.4 Å². The summed E-state index contributed by atoms with van der Waals surface area (Å²) in [6.45, 7) is 0. The van der Waals surface area contributed by atoms with Crippen molar-refractivity contribution in [1.29, 1.82) is 0 Å². The van der Waals surface area contributed by atoms with E-state index in [2.05, 4.69) is 20.8 Å². The van der Waals surface area contributed by atoms with Crippen molar-refractivity contribution in [2.24, 2.45) is 0 Å². The molecule has 0 aliphatic carbocycles. The highest BCUT2D eigenvalue weighted by Crippen LogP contribution is 2.28. The number of hydrogen-bond donors (Lipinski definition) is 2. The van der Waals surface area contributed by atoms with Gasteiger partial charge in [0, 0.05) is 32.2 Å². The summed E-state index contributed by atoms with van der Waals surface area (Å²) in [7, 11) is 3.42. The molecule has 6 heteroatoms. The van der Waals surface area contributed by atoms with Crippen LogP contribution in [0.25, 0.3) is 0 Å². The molecule has 1 aromatic rings. The van der Waals surface area contributed by atoms with Crippen molar-refractivity contribution in [3.63, 3.8) is 0 Å². The number of fused-ring (bicyclic) bond motifs is 2. The molecule has 3 rings (SSSR count). The van der Waals surface area contributed by atoms with Crippen LogP contribution in [0.3, 0.4) is 0 Å². The fourth-order valence-electron chi connectivity index (χ4n) is 3.14. The van der Waals surface area contributed by atoms with Gasteiger partial charge in [-0.05, 0) is 37.8 Å². The minimum Gasteiger partial charge on any atom is -0.366 e. The second kappa shape index (κ2) is 5.36. The summed E-state index contributed by atoms with van der Waals surface area (Å²) in [5.74, 6) is 0.635. The lowest BCUT2D eigenvalue weighted by molar-refractivity contribution is 0.0821. The first-order chi connectivity index (χ1) is 9.61. The number of nitrogens with one attached hydrogen (secondary N) is 2. The quantitative estimate of drug-likeness (QED) is 0.856. The fraction of sp³-hybridized carbons (Fsp3) is 0.643. The summed E-state index contributed by atoms with van der Waals surface area (Å²) >= 11 is 0. The molecule has 2 unspecified atom stereocenters. The highest BCUT2D eigenvalue weighted by molar-refractivity contribution is 5.91. The number of rotatable bonds is 3. The predicted octanol–water partition coefficient (Wildman–Crippen LogP) is 0.873. The van der Waals surface area contributed by atoms with Crippen LogP contribution in [0.5, 0.6) is 0 Å². The average molecular weight is 275 g/mol. The van der Waals surface area contributed by atoms with Gasteiger partial charge in [0.15, 0.2) is 5.69 Å². The van der Waals surface area contributed by atoms with E-state index in [1.807, 2.05) is 6.07 Å². The lowest BCUT2D eigenvalue weighted by Crippen LogP contribution is -2.43. The van der Waals surface area contributed by atoms with E-state index in [0.29, 0.717) is 23.8 Å². The van der Waals surface area contributed by atoms with E-state index in [0.717, 1.165) is 18.7 Å². The van der Waals surface area contributed by atoms with E-state index in [1.54, 1.807) is 20.2 Å². The molecular formula is C14H21N5O. The number of carbonyl (C=O) groups excluding carboxylic acids is 1. The summed E-state index contributed by atoms with van der Waals surface area (Å²) in [5.41, 5.74) is 0.380. The molecule has 0 radical (unpaired) electrons. The Bertz CT molecular complexity index is 475. The summed E-state index contributed by atoms with van der Waals surface area (Å²) in [6, 6.07) is 5.32. The Balaban J connectivity index is 1.62. The second-order valence-corrected chi connectivity index (χ2v) is 5.95. The zero-order valence-corrected chi connectivity index (χ0v) is 12.0. The topological polar surface area (TPSA) is 70.2 Å². The van der Waals surface area contributed by atoms with E-state index >= 15 is 0 Å². The number of piperidine rings is 1. The van der Waals surface area contributed by atoms with Gasteiger partial charge in [0.05, 0.1) is 0 Å². The van der Waals surface area contributed by atoms with Gasteiger partial charge in [-0.15, -0.1) is 10.2 Å². The van der Waals surface area contributed by atoms with E-state index in [4.69, 9.17) is 0 Å². The number of hydrogen-bond acceptors (Lipinski definition) is 5. The van der Waals surface area contributed by atoms with E-state index < -0.39 is 0 Å². The van der Waals surface area contributed by atoms with E-state index in [9.17, 15) is 4.79 Å². The van der Waals surface area contributed by atoms with Gasteiger partial charge in [0.25, 0.3) is 5.91 Å². The molecule has 0 spiro atoms. The zero-order chi connectivity index (χ0) is 14.1. The van der Waals surface area contributed by atoms with E-state index in [-0.39, 0.29) is 5.91 Å². The Labute approximate surface area is 118 Å². The number of carbonyl (C=O) groups is 1. The third kappa shape index (κ3) is 2.75. The van der Waals surface area contributed by atoms with Gasteiger partial charge >= 0.3 is 0 Å². The Hall–Kier alpha value is -1.69. The molecule has 1 aromatic heterocycles. The van der Waals surface area contributed by atoms with Crippen molar-refractivity contribution < 1.29 is 4.79 Å². The molecule has 2 aliphatic rings. The highest BCUT2D eigenvalue weighted by Gasteiger charge is 2.33. The van der Waals surface area contributed by atoms with Crippen LogP contribution >= 0.6 is 0 Å². The van der Waals surface area contributed by atoms with Gasteiger partial charge < -0.3 is 15.5 Å². The molecule has 2 fully saturated rings. The van der Waals surface area contributed by atoms with Crippen LogP contribution in [0.2, 0.25) is 0 Å². The minimum absolute atomic E-state index is 0.121. The molecule has 2 N–H and O–H groups in total. The molecule has 2 atom stereocenters. The van der Waals surface area contributed by atoms with Gasteiger partial charge in [-0.2, -0.15) is 0 Å². The summed E-state index contributed by atoms with van der Waals surface area (Å²) in [5, 5.41) is 15.2. The average Bonchev–Trinajstić information content (AvgIpc) is 2.78. The Kier molecular flexibility index (Phi) is 3.56. The maximum absolute atomic E-state index is 11.7. The minimum atomic E-state index is -0.121. The Morgan fingerprint density at radius 1 is 1.25 bits per heavy atom. The normalized spacial score (nSPS) is 28.2. The molecule has 0 aromatic carbocycles. The largest absolute Gasteiger partial charge is 0.366 e. The lowest BCUT2D eigenvalue weighted by atomic mass is 10.00. The third-order valence-electron chi connectivity index (χ3n) is 4.11. The zero-order valence-electron chi connectivity index (χ0n) is 12.0. The summed E-state index contributed by atoms with van der Waals surface area (Å²) in [6.07, 6.45) is 4.84. The van der Waals surface area contributed by atoms with Crippen molar-refractivity contribution in [2.45, 2.75) is 43.8 Å². The van der Waals surface area contributed by atoms with Gasteiger partial charge in [0.1, 0.15) is 5.82 Å². The van der Waals surface area contributed by atoms with Crippen LogP contribution in [0.4, 0.5) is 5.82 Å². The highest BCUT2D eigenvalue weighted by atomic mass is 16.2. The summed E-state index contributed by atoms with van der Waals surface area (Å²) < 4.78 is 0. The second-order valence-electron chi connectivity index (χ2n) is 5.95. The van der Waals surface area contributed by atoms with Crippen molar-refractivity contribution in [2.75, 3.05) is 19.4 Å². The molecular weight excluding hydrogens is 254 g/mol. The molecule has 6 nitrogen and oxygen atoms in total. The smallest absolute Gasteiger partial charge is 0.273 e. The first kappa shape index (κ1) is 13.3. The number of anilines is 1. The van der Waals surface area contributed by atoms with Crippen LogP contribution in [0, 0.1) is 0 Å². The first-order valence-corrected chi connectivity index (χ1v) is 7.20. The molecule has 20 heavy (non-hydrogen) atoms. The standard InChI is InChI=1S/C14H21N5O/c1-19(2)14(20)12-5-6-13(18-17-12)16-11-7-9-3-4-10(8-11)15-9/h5-6,9-11,15H,3-4,7-8H2,1-2H3,(H,16,18). The molecule has 0 saturated carbocycles. The van der Waals surface area contributed by atoms with Crippen LogP contribution in [0.1, 0.15) is 36.2 Å². The van der Waals surface area contributed by atoms with Crippen LogP contribution in [-0.4, -0.2) is 53.2 Å². The molecule has 2 saturated heterocycles. The Morgan fingerprint density at radius 2 is 1.95 bits per heavy atom. The Morgan fingerprint density at radius 3 is 2.50 bits per heavy atom. The SMILES string of the molecule is CN(C)C(=O)c1ccc(NC2CC3CCC(C2)N3)nn1. The van der Waals surface area contributed by atoms with Gasteiger partial charge in [-0.25, -0.2) is 0 Å². The molecule has 1 amide bonds. The lowest BCUT2D eigenvalue weighted by Gasteiger charge is -2.29. The number of aromatic nitrogens is 2. The van der Waals surface area contributed by atoms with Crippen LogP contribution < -0.4 is 10.6 Å². The van der Waals surface area contributed by atoms with Crippen molar-refractivity contribution in [3.8, 4) is 0 Å². The van der Waals surface area contributed by atoms with Gasteiger partial charge in [-0.3, -0.25) is 4.79 Å². The van der Waals surface area contributed by atoms with Gasteiger partial charge in [0.2, 0.25) is 0 Å². The van der Waals surface area contributed by atoms with Crippen molar-refractivity contribution >= 4 is 11.7 Å². The van der Waals surface area contributed by atoms with Crippen molar-refractivity contribution in [3.05, 3.63) is 17.8 Å². The van der Waals surface area contributed by atoms with Crippen LogP contribution in [0.15, 0.2) is 12.1 Å². The molecule has 2 bridgehead atoms.